The maximum Gasteiger partial charge on any atom is 0.344 e. The number of hydrogen-bond acceptors (Lipinski definition) is 4. The highest BCUT2D eigenvalue weighted by Crippen LogP contribution is 2.33. The van der Waals surface area contributed by atoms with Gasteiger partial charge in [0.15, 0.2) is 5.16 Å². The fraction of sp³-hybridized carbons (Fsp3) is 0.818. The van der Waals surface area contributed by atoms with Gasteiger partial charge in [0.05, 0.1) is 6.10 Å². The maximum absolute atomic E-state index is 11.6. The van der Waals surface area contributed by atoms with Crippen LogP contribution >= 0.6 is 11.8 Å². The van der Waals surface area contributed by atoms with Gasteiger partial charge >= 0.3 is 5.69 Å². The Kier molecular flexibility index (Phi) is 3.93. The van der Waals surface area contributed by atoms with Crippen molar-refractivity contribution in [1.29, 1.82) is 0 Å². The summed E-state index contributed by atoms with van der Waals surface area (Å²) in [7, 11) is 0. The number of H-pyrrole nitrogens is 1. The SMILES string of the molecule is CC(C)n1c(S[C@H]2CCCC[C@@H]2O)n[nH]c1=O. The van der Waals surface area contributed by atoms with E-state index in [-0.39, 0.29) is 23.1 Å². The molecule has 2 rings (SSSR count). The van der Waals surface area contributed by atoms with Gasteiger partial charge in [-0.3, -0.25) is 4.57 Å². The molecule has 5 nitrogen and oxygen atoms in total. The highest BCUT2D eigenvalue weighted by atomic mass is 32.2. The Hall–Kier alpha value is -0.750. The second-order valence-corrected chi connectivity index (χ2v) is 5.99. The Balaban J connectivity index is 2.15. The molecular formula is C11H19N3O2S. The molecule has 1 aliphatic carbocycles. The highest BCUT2D eigenvalue weighted by Gasteiger charge is 2.26. The van der Waals surface area contributed by atoms with Gasteiger partial charge in [-0.2, -0.15) is 0 Å². The van der Waals surface area contributed by atoms with Crippen molar-refractivity contribution in [3.63, 3.8) is 0 Å². The summed E-state index contributed by atoms with van der Waals surface area (Å²) in [6.07, 6.45) is 3.81. The van der Waals surface area contributed by atoms with Crippen molar-refractivity contribution in [2.75, 3.05) is 0 Å². The zero-order valence-corrected chi connectivity index (χ0v) is 11.0. The van der Waals surface area contributed by atoms with E-state index < -0.39 is 0 Å². The average Bonchev–Trinajstić information content (AvgIpc) is 2.63. The third kappa shape index (κ3) is 2.74. The van der Waals surface area contributed by atoms with Gasteiger partial charge < -0.3 is 5.11 Å². The quantitative estimate of drug-likeness (QED) is 0.862. The number of nitrogens with zero attached hydrogens (tertiary/aromatic N) is 2. The molecular weight excluding hydrogens is 238 g/mol. The Morgan fingerprint density at radius 3 is 2.82 bits per heavy atom. The third-order valence-electron chi connectivity index (χ3n) is 3.11. The minimum atomic E-state index is -0.277. The first-order chi connectivity index (χ1) is 8.09. The van der Waals surface area contributed by atoms with Crippen molar-refractivity contribution in [2.24, 2.45) is 0 Å². The Morgan fingerprint density at radius 2 is 2.18 bits per heavy atom. The van der Waals surface area contributed by atoms with Gasteiger partial charge in [0.2, 0.25) is 0 Å². The minimum Gasteiger partial charge on any atom is -0.392 e. The molecule has 1 fully saturated rings. The second-order valence-electron chi connectivity index (χ2n) is 4.78. The van der Waals surface area contributed by atoms with Crippen LogP contribution in [0.3, 0.4) is 0 Å². The molecule has 0 aromatic carbocycles. The molecule has 2 N–H and O–H groups in total. The van der Waals surface area contributed by atoms with Crippen LogP contribution in [0.4, 0.5) is 0 Å². The lowest BCUT2D eigenvalue weighted by Crippen LogP contribution is -2.28. The highest BCUT2D eigenvalue weighted by molar-refractivity contribution is 7.99. The van der Waals surface area contributed by atoms with Gasteiger partial charge in [-0.25, -0.2) is 9.89 Å². The number of aliphatic hydroxyl groups excluding tert-OH is 1. The fourth-order valence-electron chi connectivity index (χ4n) is 2.18. The van der Waals surface area contributed by atoms with E-state index in [2.05, 4.69) is 10.2 Å². The lowest BCUT2D eigenvalue weighted by Gasteiger charge is -2.26. The summed E-state index contributed by atoms with van der Waals surface area (Å²) in [6.45, 7) is 3.91. The number of hydrogen-bond donors (Lipinski definition) is 2. The lowest BCUT2D eigenvalue weighted by molar-refractivity contribution is 0.136. The number of thioether (sulfide) groups is 1. The Labute approximate surface area is 105 Å². The summed E-state index contributed by atoms with van der Waals surface area (Å²) in [5, 5.41) is 17.3. The summed E-state index contributed by atoms with van der Waals surface area (Å²) in [6, 6.07) is 0.0875. The summed E-state index contributed by atoms with van der Waals surface area (Å²) in [5.74, 6) is 0. The van der Waals surface area contributed by atoms with Crippen LogP contribution in [0.25, 0.3) is 0 Å². The summed E-state index contributed by atoms with van der Waals surface area (Å²) in [5.41, 5.74) is -0.173. The van der Waals surface area contributed by atoms with E-state index >= 15 is 0 Å². The third-order valence-corrected chi connectivity index (χ3v) is 4.46. The minimum absolute atomic E-state index is 0.0875. The number of aliphatic hydroxyl groups is 1. The van der Waals surface area contributed by atoms with Crippen LogP contribution in [-0.4, -0.2) is 31.2 Å². The molecule has 0 saturated heterocycles. The molecule has 2 atom stereocenters. The Morgan fingerprint density at radius 1 is 1.47 bits per heavy atom. The molecule has 0 unspecified atom stereocenters. The van der Waals surface area contributed by atoms with Crippen LogP contribution in [0.1, 0.15) is 45.6 Å². The number of aromatic amines is 1. The second kappa shape index (κ2) is 5.27. The first kappa shape index (κ1) is 12.7. The monoisotopic (exact) mass is 257 g/mol. The van der Waals surface area contributed by atoms with E-state index in [1.54, 1.807) is 4.57 Å². The molecule has 1 saturated carbocycles. The smallest absolute Gasteiger partial charge is 0.344 e. The summed E-state index contributed by atoms with van der Waals surface area (Å²) in [4.78, 5) is 11.6. The van der Waals surface area contributed by atoms with E-state index in [4.69, 9.17) is 0 Å². The molecule has 0 amide bonds. The van der Waals surface area contributed by atoms with Crippen molar-refractivity contribution in [1.82, 2.24) is 14.8 Å². The molecule has 1 aromatic rings. The van der Waals surface area contributed by atoms with Crippen LogP contribution in [0.5, 0.6) is 0 Å². The number of rotatable bonds is 3. The standard InChI is InChI=1S/C11H19N3O2S/c1-7(2)14-10(16)12-13-11(14)17-9-6-4-3-5-8(9)15/h7-9,15H,3-6H2,1-2H3,(H,12,16)/t8-,9-/m0/s1. The van der Waals surface area contributed by atoms with Crippen molar-refractivity contribution >= 4 is 11.8 Å². The van der Waals surface area contributed by atoms with Crippen LogP contribution in [0.2, 0.25) is 0 Å². The summed E-state index contributed by atoms with van der Waals surface area (Å²) < 4.78 is 1.64. The van der Waals surface area contributed by atoms with Crippen molar-refractivity contribution in [3.8, 4) is 0 Å². The van der Waals surface area contributed by atoms with Gasteiger partial charge in [-0.05, 0) is 26.7 Å². The average molecular weight is 257 g/mol. The number of nitrogens with one attached hydrogen (secondary N) is 1. The first-order valence-electron chi connectivity index (χ1n) is 6.11. The number of aromatic nitrogens is 3. The molecule has 17 heavy (non-hydrogen) atoms. The van der Waals surface area contributed by atoms with E-state index in [9.17, 15) is 9.90 Å². The van der Waals surface area contributed by atoms with Gasteiger partial charge in [-0.15, -0.1) is 5.10 Å². The Bertz CT molecular complexity index is 427. The molecule has 0 radical (unpaired) electrons. The van der Waals surface area contributed by atoms with Crippen molar-refractivity contribution in [3.05, 3.63) is 10.5 Å². The molecule has 96 valence electrons. The first-order valence-corrected chi connectivity index (χ1v) is 6.99. The topological polar surface area (TPSA) is 70.9 Å². The predicted molar refractivity (Wildman–Crippen MR) is 67.4 cm³/mol. The molecule has 0 aliphatic heterocycles. The van der Waals surface area contributed by atoms with E-state index in [1.165, 1.54) is 11.8 Å². The molecule has 1 heterocycles. The fourth-order valence-corrected chi connectivity index (χ4v) is 3.53. The van der Waals surface area contributed by atoms with Gasteiger partial charge in [0.25, 0.3) is 0 Å². The van der Waals surface area contributed by atoms with Crippen LogP contribution in [0.15, 0.2) is 9.95 Å². The van der Waals surface area contributed by atoms with E-state index in [0.717, 1.165) is 25.7 Å². The van der Waals surface area contributed by atoms with Crippen LogP contribution in [0, 0.1) is 0 Å². The van der Waals surface area contributed by atoms with Gasteiger partial charge in [-0.1, -0.05) is 24.6 Å². The summed E-state index contributed by atoms with van der Waals surface area (Å²) >= 11 is 1.52. The van der Waals surface area contributed by atoms with Crippen molar-refractivity contribution < 1.29 is 5.11 Å². The molecule has 0 bridgehead atoms. The largest absolute Gasteiger partial charge is 0.392 e. The molecule has 0 spiro atoms. The van der Waals surface area contributed by atoms with Gasteiger partial charge in [0.1, 0.15) is 0 Å². The predicted octanol–water partition coefficient (Wildman–Crippen LogP) is 1.55. The van der Waals surface area contributed by atoms with Gasteiger partial charge in [0, 0.05) is 11.3 Å². The molecule has 6 heteroatoms. The lowest BCUT2D eigenvalue weighted by atomic mass is 9.97. The van der Waals surface area contributed by atoms with E-state index in [1.807, 2.05) is 13.8 Å². The van der Waals surface area contributed by atoms with E-state index in [0.29, 0.717) is 5.16 Å². The zero-order chi connectivity index (χ0) is 12.4. The van der Waals surface area contributed by atoms with Crippen LogP contribution < -0.4 is 5.69 Å². The van der Waals surface area contributed by atoms with Crippen molar-refractivity contribution in [2.45, 2.75) is 62.1 Å². The van der Waals surface area contributed by atoms with Crippen LogP contribution in [-0.2, 0) is 0 Å². The molecule has 1 aromatic heterocycles. The zero-order valence-electron chi connectivity index (χ0n) is 10.2. The molecule has 1 aliphatic rings. The maximum atomic E-state index is 11.6. The normalized spacial score (nSPS) is 25.4.